The zero-order chi connectivity index (χ0) is 10.3. The zero-order valence-electron chi connectivity index (χ0n) is 6.80. The largest absolute Gasteiger partial charge is 0.710 e. The Hall–Kier alpha value is -1.72. The summed E-state index contributed by atoms with van der Waals surface area (Å²) in [6.07, 6.45) is -3.36. The highest BCUT2D eigenvalue weighted by atomic mass is 19.4. The van der Waals surface area contributed by atoms with Gasteiger partial charge in [-0.05, 0) is 12.1 Å². The number of nitrogens with one attached hydrogen (secondary N) is 1. The Kier molecular flexibility index (Phi) is 1.67. The van der Waals surface area contributed by atoms with E-state index in [1.165, 1.54) is 6.07 Å². The number of alkyl halides is 3. The van der Waals surface area contributed by atoms with Crippen LogP contribution in [0.2, 0.25) is 0 Å². The molecule has 0 unspecified atom stereocenters. The van der Waals surface area contributed by atoms with Crippen LogP contribution in [0, 0.1) is 5.21 Å². The highest BCUT2D eigenvalue weighted by Crippen LogP contribution is 2.30. The van der Waals surface area contributed by atoms with E-state index in [4.69, 9.17) is 0 Å². The Morgan fingerprint density at radius 1 is 1.29 bits per heavy atom. The molecule has 0 atom stereocenters. The number of H-pyrrole nitrogens is 1. The van der Waals surface area contributed by atoms with Crippen LogP contribution in [-0.2, 0) is 6.18 Å². The zero-order valence-corrected chi connectivity index (χ0v) is 6.80. The molecule has 0 amide bonds. The van der Waals surface area contributed by atoms with Crippen molar-refractivity contribution in [1.29, 1.82) is 0 Å². The smallest absolute Gasteiger partial charge is 0.416 e. The second kappa shape index (κ2) is 2.63. The number of halogens is 3. The molecule has 0 aliphatic heterocycles. The molecule has 0 saturated heterocycles. The first-order valence-corrected chi connectivity index (χ1v) is 3.76. The molecule has 3 nitrogen and oxygen atoms in total. The van der Waals surface area contributed by atoms with Gasteiger partial charge in [-0.3, -0.25) is 0 Å². The summed E-state index contributed by atoms with van der Waals surface area (Å²) < 4.78 is 37.1. The molecular weight excluding hydrogens is 197 g/mol. The Balaban J connectivity index is 2.66. The summed E-state index contributed by atoms with van der Waals surface area (Å²) in [5.41, 5.74) is -0.456. The minimum Gasteiger partial charge on any atom is -0.710 e. The topological polar surface area (TPSA) is 42.7 Å². The average molecular weight is 202 g/mol. The summed E-state index contributed by atoms with van der Waals surface area (Å²) in [7, 11) is 0. The molecule has 14 heavy (non-hydrogen) atoms. The van der Waals surface area contributed by atoms with Crippen molar-refractivity contribution in [3.8, 4) is 0 Å². The lowest BCUT2D eigenvalue weighted by atomic mass is 10.2. The van der Waals surface area contributed by atoms with E-state index in [0.717, 1.165) is 18.5 Å². The number of hydrogen-bond acceptors (Lipinski definition) is 1. The van der Waals surface area contributed by atoms with E-state index in [2.05, 4.69) is 4.98 Å². The van der Waals surface area contributed by atoms with E-state index in [-0.39, 0.29) is 5.52 Å². The van der Waals surface area contributed by atoms with Gasteiger partial charge < -0.3 is 5.21 Å². The minimum atomic E-state index is -4.42. The fourth-order valence-electron chi connectivity index (χ4n) is 1.21. The van der Waals surface area contributed by atoms with Gasteiger partial charge in [-0.2, -0.15) is 13.2 Å². The first-order valence-electron chi connectivity index (χ1n) is 3.76. The molecule has 0 saturated carbocycles. The van der Waals surface area contributed by atoms with Crippen LogP contribution in [0.3, 0.4) is 0 Å². The lowest BCUT2D eigenvalue weighted by Gasteiger charge is -2.05. The Morgan fingerprint density at radius 3 is 2.64 bits per heavy atom. The summed E-state index contributed by atoms with van der Waals surface area (Å²) in [6.45, 7) is 0. The van der Waals surface area contributed by atoms with Crippen molar-refractivity contribution >= 4 is 11.0 Å². The van der Waals surface area contributed by atoms with Crippen LogP contribution in [0.25, 0.3) is 11.0 Å². The Labute approximate surface area is 76.4 Å². The molecular formula is C8H5F3N2O. The van der Waals surface area contributed by atoms with Gasteiger partial charge in [0.05, 0.1) is 5.56 Å². The molecule has 0 radical (unpaired) electrons. The molecule has 1 N–H and O–H groups in total. The molecule has 1 aromatic heterocycles. The van der Waals surface area contributed by atoms with Crippen molar-refractivity contribution in [3.63, 3.8) is 0 Å². The second-order valence-corrected chi connectivity index (χ2v) is 2.83. The van der Waals surface area contributed by atoms with Crippen LogP contribution >= 0.6 is 0 Å². The van der Waals surface area contributed by atoms with E-state index >= 15 is 0 Å². The number of hydrogen-bond donors (Lipinski definition) is 1. The van der Waals surface area contributed by atoms with Crippen LogP contribution < -0.4 is 4.73 Å². The maximum Gasteiger partial charge on any atom is 0.416 e. The van der Waals surface area contributed by atoms with Gasteiger partial charge in [-0.15, -0.1) is 0 Å². The van der Waals surface area contributed by atoms with Crippen LogP contribution in [0.4, 0.5) is 13.2 Å². The van der Waals surface area contributed by atoms with Crippen molar-refractivity contribution in [2.24, 2.45) is 0 Å². The van der Waals surface area contributed by atoms with Gasteiger partial charge in [0.25, 0.3) is 0 Å². The molecule has 0 aliphatic carbocycles. The van der Waals surface area contributed by atoms with Gasteiger partial charge in [0, 0.05) is 6.07 Å². The summed E-state index contributed by atoms with van der Waals surface area (Å²) in [5, 5.41) is 11.0. The fraction of sp³-hybridized carbons (Fsp3) is 0.125. The third kappa shape index (κ3) is 1.28. The van der Waals surface area contributed by atoms with Gasteiger partial charge >= 0.3 is 6.18 Å². The predicted molar refractivity (Wildman–Crippen MR) is 42.3 cm³/mol. The molecule has 1 heterocycles. The predicted octanol–water partition coefficient (Wildman–Crippen LogP) is 1.82. The van der Waals surface area contributed by atoms with Gasteiger partial charge in [0.15, 0.2) is 11.0 Å². The fourth-order valence-corrected chi connectivity index (χ4v) is 1.21. The maximum absolute atomic E-state index is 12.2. The minimum absolute atomic E-state index is 0.0141. The number of aromatic nitrogens is 2. The first kappa shape index (κ1) is 8.86. The lowest BCUT2D eigenvalue weighted by molar-refractivity contribution is -0.576. The highest BCUT2D eigenvalue weighted by Gasteiger charge is 2.31. The number of aromatic amines is 1. The number of fused-ring (bicyclic) bond motifs is 1. The van der Waals surface area contributed by atoms with Crippen LogP contribution in [0.15, 0.2) is 24.5 Å². The summed E-state index contributed by atoms with van der Waals surface area (Å²) >= 11 is 0. The van der Waals surface area contributed by atoms with E-state index in [1.807, 2.05) is 0 Å². The first-order chi connectivity index (χ1) is 6.48. The van der Waals surface area contributed by atoms with Crippen LogP contribution in [0.5, 0.6) is 0 Å². The third-order valence-electron chi connectivity index (χ3n) is 1.90. The molecule has 74 valence electrons. The van der Waals surface area contributed by atoms with Crippen molar-refractivity contribution < 1.29 is 17.9 Å². The van der Waals surface area contributed by atoms with E-state index < -0.39 is 11.7 Å². The number of rotatable bonds is 0. The van der Waals surface area contributed by atoms with Gasteiger partial charge in [0.2, 0.25) is 6.33 Å². The van der Waals surface area contributed by atoms with Crippen LogP contribution in [0.1, 0.15) is 5.56 Å². The summed E-state index contributed by atoms with van der Waals surface area (Å²) in [6, 6.07) is 2.98. The molecule has 0 fully saturated rings. The van der Waals surface area contributed by atoms with Gasteiger partial charge in [-0.25, -0.2) is 9.71 Å². The van der Waals surface area contributed by atoms with Gasteiger partial charge in [-0.1, -0.05) is 0 Å². The van der Waals surface area contributed by atoms with Crippen molar-refractivity contribution in [2.75, 3.05) is 0 Å². The Bertz CT molecular complexity index is 475. The van der Waals surface area contributed by atoms with E-state index in [0.29, 0.717) is 10.2 Å². The molecule has 0 bridgehead atoms. The lowest BCUT2D eigenvalue weighted by Crippen LogP contribution is -2.22. The summed E-state index contributed by atoms with van der Waals surface area (Å²) in [4.78, 5) is 2.55. The quantitative estimate of drug-likeness (QED) is 0.513. The highest BCUT2D eigenvalue weighted by molar-refractivity contribution is 5.72. The molecule has 0 spiro atoms. The average Bonchev–Trinajstić information content (AvgIpc) is 2.46. The normalized spacial score (nSPS) is 12.2. The molecule has 2 aromatic rings. The molecule has 1 aromatic carbocycles. The standard InChI is InChI=1S/C8H5F3N2O/c9-8(10,11)5-1-2-6-7(3-5)13(14)4-12-6/h1-4,12H. The number of benzene rings is 1. The van der Waals surface area contributed by atoms with Gasteiger partial charge in [0.1, 0.15) is 0 Å². The number of imidazole rings is 1. The van der Waals surface area contributed by atoms with E-state index in [9.17, 15) is 18.4 Å². The third-order valence-corrected chi connectivity index (χ3v) is 1.90. The SMILES string of the molecule is [O-][n+]1c[nH]c2ccc(C(F)(F)F)cc21. The summed E-state index contributed by atoms with van der Waals surface area (Å²) in [5.74, 6) is 0. The van der Waals surface area contributed by atoms with Crippen molar-refractivity contribution in [3.05, 3.63) is 35.3 Å². The molecule has 6 heteroatoms. The monoisotopic (exact) mass is 202 g/mol. The molecule has 2 rings (SSSR count). The molecule has 0 aliphatic rings. The van der Waals surface area contributed by atoms with Crippen molar-refractivity contribution in [2.45, 2.75) is 6.18 Å². The maximum atomic E-state index is 12.2. The Morgan fingerprint density at radius 2 is 2.00 bits per heavy atom. The van der Waals surface area contributed by atoms with Crippen molar-refractivity contribution in [1.82, 2.24) is 4.98 Å². The number of nitrogens with zero attached hydrogens (tertiary/aromatic N) is 1. The second-order valence-electron chi connectivity index (χ2n) is 2.83. The van der Waals surface area contributed by atoms with Crippen LogP contribution in [-0.4, -0.2) is 4.98 Å². The van der Waals surface area contributed by atoms with E-state index in [1.54, 1.807) is 0 Å².